The number of carbonyl (C=O) groups is 2. The van der Waals surface area contributed by atoms with Crippen molar-refractivity contribution in [1.82, 2.24) is 4.90 Å². The molecule has 0 saturated carbocycles. The number of rotatable bonds is 5. The summed E-state index contributed by atoms with van der Waals surface area (Å²) in [6.07, 6.45) is 1.39. The number of benzene rings is 2. The van der Waals surface area contributed by atoms with E-state index in [9.17, 15) is 9.59 Å². The van der Waals surface area contributed by atoms with Gasteiger partial charge in [-0.05, 0) is 69.3 Å². The number of carbonyl (C=O) groups excluding carboxylic acids is 2. The summed E-state index contributed by atoms with van der Waals surface area (Å²) in [5, 5.41) is 3.79. The Balaban J connectivity index is 1.34. The first kappa shape index (κ1) is 21.9. The maximum Gasteiger partial charge on any atom is 0.241 e. The van der Waals surface area contributed by atoms with E-state index < -0.39 is 0 Å². The number of ether oxygens (including phenoxy) is 2. The van der Waals surface area contributed by atoms with Gasteiger partial charge in [0.25, 0.3) is 0 Å². The van der Waals surface area contributed by atoms with Gasteiger partial charge in [0.2, 0.25) is 5.91 Å². The van der Waals surface area contributed by atoms with Crippen molar-refractivity contribution in [3.05, 3.63) is 52.0 Å². The summed E-state index contributed by atoms with van der Waals surface area (Å²) in [5.74, 6) is 1.19. The quantitative estimate of drug-likeness (QED) is 0.652. The van der Waals surface area contributed by atoms with Crippen molar-refractivity contribution in [2.75, 3.05) is 31.6 Å². The number of hydrogen-bond donors (Lipinski definition) is 1. The Hall–Kier alpha value is -2.28. The number of fused-ring (bicyclic) bond motifs is 1. The Bertz CT molecular complexity index is 990. The molecule has 31 heavy (non-hydrogen) atoms. The summed E-state index contributed by atoms with van der Waals surface area (Å²) in [5.41, 5.74) is 1.14. The van der Waals surface area contributed by atoms with Gasteiger partial charge in [-0.2, -0.15) is 0 Å². The standard InChI is InChI=1S/C23H24Cl2N2O4/c1-14(23(29)26-19-13-17(24)3-4-18(19)25)27-8-6-15(7-9-27)22(28)16-2-5-20-21(12-16)31-11-10-30-20/h2-5,12-15H,6-11H2,1H3,(H,26,29). The second-order valence-corrected chi connectivity index (χ2v) is 8.67. The lowest BCUT2D eigenvalue weighted by atomic mass is 9.88. The highest BCUT2D eigenvalue weighted by atomic mass is 35.5. The molecule has 1 N–H and O–H groups in total. The Morgan fingerprint density at radius 2 is 1.74 bits per heavy atom. The molecule has 0 aromatic heterocycles. The smallest absolute Gasteiger partial charge is 0.241 e. The van der Waals surface area contributed by atoms with E-state index in [-0.39, 0.29) is 23.7 Å². The predicted molar refractivity (Wildman–Crippen MR) is 121 cm³/mol. The normalized spacial score (nSPS) is 17.8. The van der Waals surface area contributed by atoms with Crippen molar-refractivity contribution < 1.29 is 19.1 Å². The molecule has 0 aliphatic carbocycles. The molecule has 2 aromatic rings. The molecule has 8 heteroatoms. The number of piperidine rings is 1. The summed E-state index contributed by atoms with van der Waals surface area (Å²) in [7, 11) is 0. The highest BCUT2D eigenvalue weighted by Crippen LogP contribution is 2.33. The van der Waals surface area contributed by atoms with Gasteiger partial charge in [0.1, 0.15) is 13.2 Å². The van der Waals surface area contributed by atoms with Gasteiger partial charge in [0.05, 0.1) is 16.8 Å². The van der Waals surface area contributed by atoms with Crippen LogP contribution in [0.3, 0.4) is 0 Å². The zero-order chi connectivity index (χ0) is 22.0. The van der Waals surface area contributed by atoms with Gasteiger partial charge in [0.15, 0.2) is 17.3 Å². The molecule has 0 radical (unpaired) electrons. The van der Waals surface area contributed by atoms with E-state index >= 15 is 0 Å². The van der Waals surface area contributed by atoms with E-state index in [1.165, 1.54) is 0 Å². The Labute approximate surface area is 191 Å². The van der Waals surface area contributed by atoms with Crippen LogP contribution in [0.15, 0.2) is 36.4 Å². The van der Waals surface area contributed by atoms with Crippen LogP contribution in [-0.2, 0) is 4.79 Å². The SMILES string of the molecule is CC(C(=O)Nc1cc(Cl)ccc1Cl)N1CCC(C(=O)c2ccc3c(c2)OCCO3)CC1. The molecule has 1 saturated heterocycles. The molecular formula is C23H24Cl2N2O4. The van der Waals surface area contributed by atoms with Crippen LogP contribution in [-0.4, -0.2) is 48.9 Å². The number of nitrogens with zero attached hydrogens (tertiary/aromatic N) is 1. The molecular weight excluding hydrogens is 439 g/mol. The number of nitrogens with one attached hydrogen (secondary N) is 1. The van der Waals surface area contributed by atoms with Gasteiger partial charge in [-0.25, -0.2) is 0 Å². The number of likely N-dealkylation sites (tertiary alicyclic amines) is 1. The third-order valence-corrected chi connectivity index (χ3v) is 6.41. The lowest BCUT2D eigenvalue weighted by Gasteiger charge is -2.35. The summed E-state index contributed by atoms with van der Waals surface area (Å²) < 4.78 is 11.1. The van der Waals surface area contributed by atoms with Crippen LogP contribution in [0.25, 0.3) is 0 Å². The van der Waals surface area contributed by atoms with Gasteiger partial charge in [-0.1, -0.05) is 23.2 Å². The lowest BCUT2D eigenvalue weighted by Crippen LogP contribution is -2.47. The van der Waals surface area contributed by atoms with Gasteiger partial charge in [0, 0.05) is 16.5 Å². The van der Waals surface area contributed by atoms with Gasteiger partial charge < -0.3 is 14.8 Å². The van der Waals surface area contributed by atoms with Crippen LogP contribution < -0.4 is 14.8 Å². The van der Waals surface area contributed by atoms with Crippen LogP contribution in [0.5, 0.6) is 11.5 Å². The molecule has 1 unspecified atom stereocenters. The second-order valence-electron chi connectivity index (χ2n) is 7.82. The largest absolute Gasteiger partial charge is 0.486 e. The van der Waals surface area contributed by atoms with Crippen LogP contribution >= 0.6 is 23.2 Å². The fourth-order valence-electron chi connectivity index (χ4n) is 3.98. The molecule has 1 amide bonds. The average molecular weight is 463 g/mol. The Morgan fingerprint density at radius 3 is 2.48 bits per heavy atom. The summed E-state index contributed by atoms with van der Waals surface area (Å²) in [4.78, 5) is 27.8. The van der Waals surface area contributed by atoms with E-state index in [4.69, 9.17) is 32.7 Å². The van der Waals surface area contributed by atoms with Crippen LogP contribution in [0.1, 0.15) is 30.1 Å². The number of hydrogen-bond acceptors (Lipinski definition) is 5. The molecule has 2 aliphatic rings. The van der Waals surface area contributed by atoms with Gasteiger partial charge in [-0.3, -0.25) is 14.5 Å². The Kier molecular flexibility index (Phi) is 6.70. The lowest BCUT2D eigenvalue weighted by molar-refractivity contribution is -0.121. The molecule has 2 aliphatic heterocycles. The van der Waals surface area contributed by atoms with Gasteiger partial charge in [-0.15, -0.1) is 0 Å². The van der Waals surface area contributed by atoms with Crippen molar-refractivity contribution in [2.45, 2.75) is 25.8 Å². The van der Waals surface area contributed by atoms with Crippen LogP contribution in [0, 0.1) is 5.92 Å². The van der Waals surface area contributed by atoms with Crippen LogP contribution in [0.2, 0.25) is 10.0 Å². The van der Waals surface area contributed by atoms with Crippen molar-refractivity contribution >= 4 is 40.6 Å². The molecule has 164 valence electrons. The molecule has 0 bridgehead atoms. The minimum atomic E-state index is -0.347. The highest BCUT2D eigenvalue weighted by Gasteiger charge is 2.31. The van der Waals surface area contributed by atoms with E-state index in [1.807, 2.05) is 6.92 Å². The molecule has 2 heterocycles. The topological polar surface area (TPSA) is 67.9 Å². The number of ketones is 1. The van der Waals surface area contributed by atoms with Crippen molar-refractivity contribution in [3.8, 4) is 11.5 Å². The summed E-state index contributed by atoms with van der Waals surface area (Å²) in [6, 6.07) is 9.98. The minimum Gasteiger partial charge on any atom is -0.486 e. The Morgan fingerprint density at radius 1 is 1.03 bits per heavy atom. The first-order valence-electron chi connectivity index (χ1n) is 10.4. The number of halogens is 2. The van der Waals surface area contributed by atoms with E-state index in [1.54, 1.807) is 36.4 Å². The molecule has 1 fully saturated rings. The first-order chi connectivity index (χ1) is 14.9. The minimum absolute atomic E-state index is 0.0727. The van der Waals surface area contributed by atoms with Crippen molar-refractivity contribution in [3.63, 3.8) is 0 Å². The first-order valence-corrected chi connectivity index (χ1v) is 11.1. The fourth-order valence-corrected chi connectivity index (χ4v) is 4.31. The third-order valence-electron chi connectivity index (χ3n) is 5.84. The molecule has 4 rings (SSSR count). The zero-order valence-corrected chi connectivity index (χ0v) is 18.7. The van der Waals surface area contributed by atoms with Crippen LogP contribution in [0.4, 0.5) is 5.69 Å². The second kappa shape index (κ2) is 9.47. The van der Waals surface area contributed by atoms with E-state index in [0.717, 1.165) is 0 Å². The maximum absolute atomic E-state index is 13.0. The molecule has 0 spiro atoms. The monoisotopic (exact) mass is 462 g/mol. The maximum atomic E-state index is 13.0. The third kappa shape index (κ3) is 4.97. The predicted octanol–water partition coefficient (Wildman–Crippen LogP) is 4.69. The fraction of sp³-hybridized carbons (Fsp3) is 0.391. The zero-order valence-electron chi connectivity index (χ0n) is 17.2. The van der Waals surface area contributed by atoms with E-state index in [2.05, 4.69) is 10.2 Å². The van der Waals surface area contributed by atoms with Crippen molar-refractivity contribution in [2.24, 2.45) is 5.92 Å². The number of amides is 1. The summed E-state index contributed by atoms with van der Waals surface area (Å²) >= 11 is 12.1. The number of Topliss-reactive ketones (excluding diaryl/α,β-unsaturated/α-hetero) is 1. The van der Waals surface area contributed by atoms with E-state index in [0.29, 0.717) is 71.9 Å². The number of anilines is 1. The summed E-state index contributed by atoms with van der Waals surface area (Å²) in [6.45, 7) is 4.20. The molecule has 2 aromatic carbocycles. The average Bonchev–Trinajstić information content (AvgIpc) is 2.80. The van der Waals surface area contributed by atoms with Crippen molar-refractivity contribution in [1.29, 1.82) is 0 Å². The molecule has 1 atom stereocenters. The highest BCUT2D eigenvalue weighted by molar-refractivity contribution is 6.35. The van der Waals surface area contributed by atoms with Gasteiger partial charge >= 0.3 is 0 Å². The molecule has 6 nitrogen and oxygen atoms in total.